The number of rotatable bonds is 4. The van der Waals surface area contributed by atoms with Crippen LogP contribution < -0.4 is 11.2 Å². The number of carboxylic acids is 1. The molecule has 0 aliphatic carbocycles. The van der Waals surface area contributed by atoms with E-state index in [-0.39, 0.29) is 6.61 Å². The van der Waals surface area contributed by atoms with Crippen molar-refractivity contribution in [1.82, 2.24) is 9.55 Å². The van der Waals surface area contributed by atoms with Crippen molar-refractivity contribution in [2.75, 3.05) is 13.7 Å². The number of nitrogens with one attached hydrogen (secondary N) is 1. The molecule has 7 nitrogen and oxygen atoms in total. The van der Waals surface area contributed by atoms with Gasteiger partial charge in [-0.3, -0.25) is 14.3 Å². The summed E-state index contributed by atoms with van der Waals surface area (Å²) in [6.07, 6.45) is 1.03. The van der Waals surface area contributed by atoms with Crippen molar-refractivity contribution in [1.29, 1.82) is 0 Å². The largest absolute Gasteiger partial charge is 0.477 e. The van der Waals surface area contributed by atoms with E-state index in [1.54, 1.807) is 13.8 Å². The van der Waals surface area contributed by atoms with Crippen LogP contribution in [-0.2, 0) is 10.3 Å². The Morgan fingerprint density at radius 2 is 2.12 bits per heavy atom. The number of aromatic carboxylic acids is 1. The van der Waals surface area contributed by atoms with Crippen molar-refractivity contribution in [2.45, 2.75) is 19.4 Å². The number of aromatic nitrogens is 2. The fourth-order valence-electron chi connectivity index (χ4n) is 1.50. The third-order valence-electron chi connectivity index (χ3n) is 2.32. The first-order valence-corrected chi connectivity index (χ1v) is 4.88. The molecule has 0 radical (unpaired) electrons. The van der Waals surface area contributed by atoms with E-state index in [1.165, 1.54) is 7.11 Å². The van der Waals surface area contributed by atoms with E-state index in [4.69, 9.17) is 9.84 Å². The number of nitrogens with zero attached hydrogens (tertiary/aromatic N) is 1. The minimum atomic E-state index is -1.38. The maximum atomic E-state index is 11.6. The summed E-state index contributed by atoms with van der Waals surface area (Å²) >= 11 is 0. The molecule has 0 saturated heterocycles. The predicted molar refractivity (Wildman–Crippen MR) is 59.5 cm³/mol. The van der Waals surface area contributed by atoms with Crippen molar-refractivity contribution in [2.24, 2.45) is 0 Å². The molecule has 0 spiro atoms. The summed E-state index contributed by atoms with van der Waals surface area (Å²) in [4.78, 5) is 35.6. The second-order valence-corrected chi connectivity index (χ2v) is 4.22. The van der Waals surface area contributed by atoms with Gasteiger partial charge in [0.25, 0.3) is 5.56 Å². The first kappa shape index (κ1) is 13.2. The second kappa shape index (κ2) is 4.54. The molecule has 2 N–H and O–H groups in total. The number of carbonyl (C=O) groups is 1. The van der Waals surface area contributed by atoms with E-state index in [9.17, 15) is 14.4 Å². The van der Waals surface area contributed by atoms with Crippen LogP contribution in [0.2, 0.25) is 0 Å². The number of H-pyrrole nitrogens is 1. The van der Waals surface area contributed by atoms with Gasteiger partial charge < -0.3 is 9.84 Å². The lowest BCUT2D eigenvalue weighted by Gasteiger charge is -2.26. The molecule has 0 saturated carbocycles. The molecule has 1 rings (SSSR count). The van der Waals surface area contributed by atoms with Gasteiger partial charge in [-0.1, -0.05) is 0 Å². The lowest BCUT2D eigenvalue weighted by Crippen LogP contribution is -2.44. The van der Waals surface area contributed by atoms with Crippen LogP contribution in [0.25, 0.3) is 0 Å². The van der Waals surface area contributed by atoms with E-state index >= 15 is 0 Å². The molecule has 7 heteroatoms. The van der Waals surface area contributed by atoms with Gasteiger partial charge in [0.2, 0.25) is 0 Å². The zero-order valence-electron chi connectivity index (χ0n) is 9.81. The maximum absolute atomic E-state index is 11.6. The minimum absolute atomic E-state index is 0.206. The molecule has 0 aliphatic rings. The SMILES string of the molecule is COCC(C)(C)n1cc(C(=O)O)c(=O)[nH]c1=O. The average molecular weight is 242 g/mol. The van der Waals surface area contributed by atoms with Crippen molar-refractivity contribution in [3.8, 4) is 0 Å². The quantitative estimate of drug-likeness (QED) is 0.749. The van der Waals surface area contributed by atoms with Gasteiger partial charge in [-0.2, -0.15) is 0 Å². The summed E-state index contributed by atoms with van der Waals surface area (Å²) in [5.74, 6) is -1.38. The molecule has 0 fully saturated rings. The van der Waals surface area contributed by atoms with E-state index in [2.05, 4.69) is 0 Å². The monoisotopic (exact) mass is 242 g/mol. The molecular weight excluding hydrogens is 228 g/mol. The van der Waals surface area contributed by atoms with Crippen molar-refractivity contribution in [3.05, 3.63) is 32.6 Å². The Kier molecular flexibility index (Phi) is 3.52. The lowest BCUT2D eigenvalue weighted by atomic mass is 10.1. The van der Waals surface area contributed by atoms with Gasteiger partial charge in [0, 0.05) is 13.3 Å². The Hall–Kier alpha value is -1.89. The molecule has 1 heterocycles. The molecular formula is C10H14N2O5. The summed E-state index contributed by atoms with van der Waals surface area (Å²) in [7, 11) is 1.47. The van der Waals surface area contributed by atoms with Crippen molar-refractivity contribution >= 4 is 5.97 Å². The van der Waals surface area contributed by atoms with Crippen LogP contribution in [0.4, 0.5) is 0 Å². The molecule has 17 heavy (non-hydrogen) atoms. The van der Waals surface area contributed by atoms with Gasteiger partial charge in [0.1, 0.15) is 5.56 Å². The van der Waals surface area contributed by atoms with E-state index in [0.29, 0.717) is 0 Å². The van der Waals surface area contributed by atoms with Crippen LogP contribution in [0, 0.1) is 0 Å². The minimum Gasteiger partial charge on any atom is -0.477 e. The number of hydrogen-bond donors (Lipinski definition) is 2. The number of carboxylic acid groups (broad SMARTS) is 1. The van der Waals surface area contributed by atoms with Gasteiger partial charge in [0.05, 0.1) is 12.1 Å². The van der Waals surface area contributed by atoms with Gasteiger partial charge in [-0.25, -0.2) is 9.59 Å². The highest BCUT2D eigenvalue weighted by Gasteiger charge is 2.24. The third kappa shape index (κ3) is 2.62. The number of hydrogen-bond acceptors (Lipinski definition) is 4. The highest BCUT2D eigenvalue weighted by Crippen LogP contribution is 2.12. The van der Waals surface area contributed by atoms with Gasteiger partial charge in [-0.15, -0.1) is 0 Å². The summed E-state index contributed by atoms with van der Waals surface area (Å²) < 4.78 is 6.09. The van der Waals surface area contributed by atoms with Crippen LogP contribution >= 0.6 is 0 Å². The summed E-state index contributed by atoms with van der Waals surface area (Å²) in [6.45, 7) is 3.60. The summed E-state index contributed by atoms with van der Waals surface area (Å²) in [6, 6.07) is 0. The highest BCUT2D eigenvalue weighted by molar-refractivity contribution is 5.86. The Balaban J connectivity index is 3.45. The zero-order valence-corrected chi connectivity index (χ0v) is 9.81. The summed E-state index contributed by atoms with van der Waals surface area (Å²) in [5, 5.41) is 8.81. The molecule has 0 bridgehead atoms. The molecule has 1 aromatic heterocycles. The molecule has 0 aliphatic heterocycles. The normalized spacial score (nSPS) is 11.5. The predicted octanol–water partition coefficient (Wildman–Crippen LogP) is -0.384. The second-order valence-electron chi connectivity index (χ2n) is 4.22. The number of methoxy groups -OCH3 is 1. The lowest BCUT2D eigenvalue weighted by molar-refractivity contribution is 0.0690. The Labute approximate surface area is 96.7 Å². The fraction of sp³-hybridized carbons (Fsp3) is 0.500. The third-order valence-corrected chi connectivity index (χ3v) is 2.32. The summed E-state index contributed by atoms with van der Waals surface area (Å²) in [5.41, 5.74) is -2.80. The van der Waals surface area contributed by atoms with Gasteiger partial charge in [-0.05, 0) is 13.8 Å². The molecule has 0 aromatic carbocycles. The van der Waals surface area contributed by atoms with Crippen molar-refractivity contribution < 1.29 is 14.6 Å². The zero-order chi connectivity index (χ0) is 13.2. The van der Waals surface area contributed by atoms with Crippen molar-refractivity contribution in [3.63, 3.8) is 0 Å². The smallest absolute Gasteiger partial charge is 0.342 e. The molecule has 0 unspecified atom stereocenters. The topological polar surface area (TPSA) is 101 Å². The average Bonchev–Trinajstić information content (AvgIpc) is 2.15. The van der Waals surface area contributed by atoms with Crippen LogP contribution in [0.1, 0.15) is 24.2 Å². The first-order valence-electron chi connectivity index (χ1n) is 4.88. The van der Waals surface area contributed by atoms with Gasteiger partial charge in [0.15, 0.2) is 0 Å². The van der Waals surface area contributed by atoms with E-state index in [1.807, 2.05) is 4.98 Å². The van der Waals surface area contributed by atoms with Crippen LogP contribution in [-0.4, -0.2) is 34.3 Å². The Morgan fingerprint density at radius 3 is 2.59 bits per heavy atom. The molecule has 94 valence electrons. The Bertz CT molecular complexity index is 540. The van der Waals surface area contributed by atoms with Crippen LogP contribution in [0.5, 0.6) is 0 Å². The molecule has 1 aromatic rings. The number of ether oxygens (including phenoxy) is 1. The highest BCUT2D eigenvalue weighted by atomic mass is 16.5. The fourth-order valence-corrected chi connectivity index (χ4v) is 1.50. The van der Waals surface area contributed by atoms with E-state index < -0.39 is 28.3 Å². The molecule has 0 atom stereocenters. The number of aromatic amines is 1. The van der Waals surface area contributed by atoms with E-state index in [0.717, 1.165) is 10.8 Å². The van der Waals surface area contributed by atoms with Crippen LogP contribution in [0.3, 0.4) is 0 Å². The van der Waals surface area contributed by atoms with Crippen LogP contribution in [0.15, 0.2) is 15.8 Å². The maximum Gasteiger partial charge on any atom is 0.342 e. The first-order chi connectivity index (χ1) is 7.79. The standard InChI is InChI=1S/C10H14N2O5/c1-10(2,5-17-3)12-4-6(8(14)15)7(13)11-9(12)16/h4H,5H2,1-3H3,(H,14,15)(H,11,13,16). The Morgan fingerprint density at radius 1 is 1.53 bits per heavy atom. The van der Waals surface area contributed by atoms with Gasteiger partial charge >= 0.3 is 11.7 Å². The molecule has 0 amide bonds.